The first-order valence-electron chi connectivity index (χ1n) is 9.13. The summed E-state index contributed by atoms with van der Waals surface area (Å²) in [6.07, 6.45) is 4.81. The van der Waals surface area contributed by atoms with E-state index >= 15 is 0 Å². The molecular weight excluding hydrogens is 328 g/mol. The largest absolute Gasteiger partial charge is 0.316 e. The van der Waals surface area contributed by atoms with Gasteiger partial charge in [-0.25, -0.2) is 4.98 Å². The molecule has 1 fully saturated rings. The van der Waals surface area contributed by atoms with E-state index in [1.54, 1.807) is 6.20 Å². The molecule has 0 radical (unpaired) electrons. The Bertz CT molecular complexity index is 1020. The summed E-state index contributed by atoms with van der Waals surface area (Å²) < 4.78 is 3.94. The fourth-order valence-corrected chi connectivity index (χ4v) is 4.54. The Hall–Kier alpha value is -2.67. The van der Waals surface area contributed by atoms with Gasteiger partial charge in [0.1, 0.15) is 5.82 Å². The minimum Gasteiger partial charge on any atom is -0.316 e. The van der Waals surface area contributed by atoms with E-state index < -0.39 is 0 Å². The van der Waals surface area contributed by atoms with Crippen LogP contribution in [-0.2, 0) is 6.54 Å². The first kappa shape index (κ1) is 15.6. The van der Waals surface area contributed by atoms with E-state index in [1.807, 2.05) is 35.2 Å². The number of piperidine rings is 1. The summed E-state index contributed by atoms with van der Waals surface area (Å²) in [5.41, 5.74) is 4.66. The Kier molecular flexibility index (Phi) is 3.40. The topological polar surface area (TPSA) is 80.5 Å². The van der Waals surface area contributed by atoms with Gasteiger partial charge in [-0.2, -0.15) is 5.10 Å². The zero-order valence-corrected chi connectivity index (χ0v) is 15.0. The maximum absolute atomic E-state index is 13.3. The Labute approximate surface area is 151 Å². The summed E-state index contributed by atoms with van der Waals surface area (Å²) in [6, 6.07) is 4.05. The summed E-state index contributed by atoms with van der Waals surface area (Å²) >= 11 is 0. The van der Waals surface area contributed by atoms with Crippen molar-refractivity contribution >= 4 is 0 Å². The van der Waals surface area contributed by atoms with Crippen molar-refractivity contribution < 1.29 is 0 Å². The van der Waals surface area contributed by atoms with Crippen LogP contribution in [0.2, 0.25) is 0 Å². The minimum atomic E-state index is 0.0605. The third-order valence-electron chi connectivity index (χ3n) is 5.72. The van der Waals surface area contributed by atoms with E-state index in [9.17, 15) is 4.79 Å². The van der Waals surface area contributed by atoms with Gasteiger partial charge in [0.05, 0.1) is 22.6 Å². The SMILES string of the molecule is Cc1n[nH]c(C)c1-n1ccnc1-c1ccc2n(c1=O)C[C@@H]1CNC[C@H]2C1. The lowest BCUT2D eigenvalue weighted by atomic mass is 9.84. The van der Waals surface area contributed by atoms with Gasteiger partial charge >= 0.3 is 0 Å². The van der Waals surface area contributed by atoms with Crippen LogP contribution in [0.3, 0.4) is 0 Å². The summed E-state index contributed by atoms with van der Waals surface area (Å²) in [6.45, 7) is 6.67. The van der Waals surface area contributed by atoms with Crippen molar-refractivity contribution in [2.75, 3.05) is 13.1 Å². The number of nitrogens with one attached hydrogen (secondary N) is 2. The second-order valence-electron chi connectivity index (χ2n) is 7.45. The maximum atomic E-state index is 13.3. The summed E-state index contributed by atoms with van der Waals surface area (Å²) in [5, 5.41) is 10.8. The predicted molar refractivity (Wildman–Crippen MR) is 98.6 cm³/mol. The van der Waals surface area contributed by atoms with Crippen molar-refractivity contribution in [1.29, 1.82) is 0 Å². The molecule has 5 heterocycles. The van der Waals surface area contributed by atoms with Crippen LogP contribution in [0.15, 0.2) is 29.3 Å². The van der Waals surface area contributed by atoms with Gasteiger partial charge in [-0.3, -0.25) is 14.5 Å². The minimum absolute atomic E-state index is 0.0605. The van der Waals surface area contributed by atoms with Crippen molar-refractivity contribution in [2.45, 2.75) is 32.7 Å². The van der Waals surface area contributed by atoms with Gasteiger partial charge < -0.3 is 9.88 Å². The fourth-order valence-electron chi connectivity index (χ4n) is 4.54. The second kappa shape index (κ2) is 5.67. The quantitative estimate of drug-likeness (QED) is 0.738. The van der Waals surface area contributed by atoms with Gasteiger partial charge in [0.25, 0.3) is 5.56 Å². The Balaban J connectivity index is 1.67. The van der Waals surface area contributed by atoms with Gasteiger partial charge in [0, 0.05) is 37.1 Å². The molecule has 26 heavy (non-hydrogen) atoms. The molecule has 0 aromatic carbocycles. The zero-order chi connectivity index (χ0) is 17.8. The van der Waals surface area contributed by atoms with Crippen LogP contribution in [0, 0.1) is 19.8 Å². The highest BCUT2D eigenvalue weighted by Crippen LogP contribution is 2.33. The van der Waals surface area contributed by atoms with Crippen LogP contribution in [0.1, 0.15) is 29.4 Å². The van der Waals surface area contributed by atoms with Gasteiger partial charge in [0.15, 0.2) is 0 Å². The van der Waals surface area contributed by atoms with E-state index in [-0.39, 0.29) is 5.56 Å². The number of aromatic amines is 1. The monoisotopic (exact) mass is 350 g/mol. The lowest BCUT2D eigenvalue weighted by molar-refractivity contribution is 0.257. The van der Waals surface area contributed by atoms with Crippen LogP contribution >= 0.6 is 0 Å². The highest BCUT2D eigenvalue weighted by molar-refractivity contribution is 5.59. The molecule has 2 aliphatic rings. The molecule has 0 amide bonds. The molecule has 1 saturated heterocycles. The number of H-pyrrole nitrogens is 1. The number of aryl methyl sites for hydroxylation is 2. The van der Waals surface area contributed by atoms with Crippen molar-refractivity contribution in [3.8, 4) is 17.1 Å². The average Bonchev–Trinajstić information content (AvgIpc) is 3.22. The number of imidazole rings is 1. The molecule has 0 unspecified atom stereocenters. The van der Waals surface area contributed by atoms with E-state index in [0.29, 0.717) is 23.2 Å². The molecule has 0 saturated carbocycles. The number of pyridine rings is 1. The average molecular weight is 350 g/mol. The molecule has 7 heteroatoms. The van der Waals surface area contributed by atoms with Crippen molar-refractivity contribution in [1.82, 2.24) is 29.6 Å². The number of hydrogen-bond donors (Lipinski definition) is 2. The molecule has 3 aromatic rings. The first-order valence-corrected chi connectivity index (χ1v) is 9.13. The molecule has 2 aliphatic heterocycles. The third-order valence-corrected chi connectivity index (χ3v) is 5.72. The molecule has 2 atom stereocenters. The van der Waals surface area contributed by atoms with Gasteiger partial charge in [-0.05, 0) is 44.9 Å². The number of aromatic nitrogens is 5. The molecule has 2 N–H and O–H groups in total. The van der Waals surface area contributed by atoms with Gasteiger partial charge in [-0.15, -0.1) is 0 Å². The maximum Gasteiger partial charge on any atom is 0.261 e. The van der Waals surface area contributed by atoms with Crippen LogP contribution in [-0.4, -0.2) is 37.4 Å². The van der Waals surface area contributed by atoms with E-state index in [0.717, 1.165) is 42.4 Å². The molecule has 0 spiro atoms. The molecular formula is C19H22N6O. The summed E-state index contributed by atoms with van der Waals surface area (Å²) in [7, 11) is 0. The van der Waals surface area contributed by atoms with E-state index in [4.69, 9.17) is 0 Å². The van der Waals surface area contributed by atoms with Crippen LogP contribution in [0.5, 0.6) is 0 Å². The van der Waals surface area contributed by atoms with E-state index in [1.165, 1.54) is 6.42 Å². The third kappa shape index (κ3) is 2.20. The van der Waals surface area contributed by atoms with Crippen LogP contribution < -0.4 is 10.9 Å². The van der Waals surface area contributed by atoms with E-state index in [2.05, 4.69) is 26.6 Å². The standard InChI is InChI=1S/C19H22N6O/c1-11-17(12(2)23-22-11)24-6-5-21-18(24)15-3-4-16-14-7-13(8-20-9-14)10-25(16)19(15)26/h3-6,13-14,20H,7-10H2,1-2H3,(H,22,23)/t13-,14+/m0/s1. The summed E-state index contributed by atoms with van der Waals surface area (Å²) in [5.74, 6) is 1.64. The number of rotatable bonds is 2. The molecule has 0 aliphatic carbocycles. The lowest BCUT2D eigenvalue weighted by Crippen LogP contribution is -2.45. The number of fused-ring (bicyclic) bond motifs is 4. The van der Waals surface area contributed by atoms with Gasteiger partial charge in [0.2, 0.25) is 0 Å². The zero-order valence-electron chi connectivity index (χ0n) is 15.0. The number of nitrogens with zero attached hydrogens (tertiary/aromatic N) is 4. The first-order chi connectivity index (χ1) is 12.6. The normalized spacial score (nSPS) is 21.6. The highest BCUT2D eigenvalue weighted by Gasteiger charge is 2.31. The molecule has 7 nitrogen and oxygen atoms in total. The second-order valence-corrected chi connectivity index (χ2v) is 7.45. The molecule has 5 rings (SSSR count). The fraction of sp³-hybridized carbons (Fsp3) is 0.421. The number of hydrogen-bond acceptors (Lipinski definition) is 4. The van der Waals surface area contributed by atoms with Crippen molar-refractivity contribution in [2.24, 2.45) is 5.92 Å². The molecule has 2 bridgehead atoms. The Morgan fingerprint density at radius 1 is 1.23 bits per heavy atom. The highest BCUT2D eigenvalue weighted by atomic mass is 16.1. The lowest BCUT2D eigenvalue weighted by Gasteiger charge is -2.37. The van der Waals surface area contributed by atoms with Crippen molar-refractivity contribution in [3.63, 3.8) is 0 Å². The van der Waals surface area contributed by atoms with Gasteiger partial charge in [-0.1, -0.05) is 0 Å². The molecule has 3 aromatic heterocycles. The smallest absolute Gasteiger partial charge is 0.261 e. The predicted octanol–water partition coefficient (Wildman–Crippen LogP) is 1.75. The Morgan fingerprint density at radius 3 is 2.92 bits per heavy atom. The Morgan fingerprint density at radius 2 is 2.12 bits per heavy atom. The summed E-state index contributed by atoms with van der Waals surface area (Å²) in [4.78, 5) is 17.8. The van der Waals surface area contributed by atoms with Crippen LogP contribution in [0.25, 0.3) is 17.1 Å². The van der Waals surface area contributed by atoms with Crippen molar-refractivity contribution in [3.05, 3.63) is 52.0 Å². The van der Waals surface area contributed by atoms with Crippen LogP contribution in [0.4, 0.5) is 0 Å². The molecule has 134 valence electrons.